The highest BCUT2D eigenvalue weighted by atomic mass is 79.9. The van der Waals surface area contributed by atoms with E-state index < -0.39 is 0 Å². The van der Waals surface area contributed by atoms with Crippen molar-refractivity contribution in [1.29, 1.82) is 0 Å². The van der Waals surface area contributed by atoms with Crippen LogP contribution in [0.4, 0.5) is 0 Å². The van der Waals surface area contributed by atoms with Crippen molar-refractivity contribution in [2.75, 3.05) is 0 Å². The van der Waals surface area contributed by atoms with Gasteiger partial charge in [-0.15, -0.1) is 11.3 Å². The third-order valence-corrected chi connectivity index (χ3v) is 3.03. The first-order chi connectivity index (χ1) is 6.77. The van der Waals surface area contributed by atoms with Crippen LogP contribution in [-0.4, -0.2) is 9.55 Å². The molecule has 5 heteroatoms. The summed E-state index contributed by atoms with van der Waals surface area (Å²) in [7, 11) is 0. The predicted octanol–water partition coefficient (Wildman–Crippen LogP) is 2.12. The topological polar surface area (TPSA) is 34.9 Å². The molecule has 0 N–H and O–H groups in total. The Balaban J connectivity index is 2.34. The number of rotatable bonds is 2. The van der Waals surface area contributed by atoms with E-state index in [1.807, 2.05) is 11.4 Å². The number of halogens is 1. The molecule has 2 aromatic rings. The van der Waals surface area contributed by atoms with E-state index in [0.717, 1.165) is 5.69 Å². The Morgan fingerprint density at radius 1 is 1.57 bits per heavy atom. The molecule has 2 aromatic heterocycles. The highest BCUT2D eigenvalue weighted by Crippen LogP contribution is 2.05. The van der Waals surface area contributed by atoms with E-state index in [9.17, 15) is 4.79 Å². The SMILES string of the molecule is O=c1c(Br)cccn1Cc1cscn1. The Labute approximate surface area is 93.2 Å². The molecule has 0 fully saturated rings. The minimum Gasteiger partial charge on any atom is -0.309 e. The molecule has 0 spiro atoms. The van der Waals surface area contributed by atoms with Crippen LogP contribution in [0.3, 0.4) is 0 Å². The Morgan fingerprint density at radius 3 is 3.14 bits per heavy atom. The number of thiazole rings is 1. The quantitative estimate of drug-likeness (QED) is 0.838. The first kappa shape index (κ1) is 9.61. The average molecular weight is 271 g/mol. The summed E-state index contributed by atoms with van der Waals surface area (Å²) in [6.45, 7) is 0.530. The van der Waals surface area contributed by atoms with Gasteiger partial charge >= 0.3 is 0 Å². The van der Waals surface area contributed by atoms with Gasteiger partial charge in [-0.1, -0.05) is 0 Å². The summed E-state index contributed by atoms with van der Waals surface area (Å²) in [5.74, 6) is 0. The molecule has 0 atom stereocenters. The molecule has 2 heterocycles. The van der Waals surface area contributed by atoms with Crippen molar-refractivity contribution in [3.8, 4) is 0 Å². The Bertz CT molecular complexity index is 478. The van der Waals surface area contributed by atoms with Crippen molar-refractivity contribution >= 4 is 27.3 Å². The van der Waals surface area contributed by atoms with Crippen molar-refractivity contribution in [2.45, 2.75) is 6.54 Å². The van der Waals surface area contributed by atoms with E-state index in [1.54, 1.807) is 22.3 Å². The van der Waals surface area contributed by atoms with Crippen LogP contribution < -0.4 is 5.56 Å². The molecule has 3 nitrogen and oxygen atoms in total. The van der Waals surface area contributed by atoms with Crippen molar-refractivity contribution < 1.29 is 0 Å². The lowest BCUT2D eigenvalue weighted by atomic mass is 10.4. The van der Waals surface area contributed by atoms with Crippen LogP contribution in [0.25, 0.3) is 0 Å². The molecule has 0 unspecified atom stereocenters. The lowest BCUT2D eigenvalue weighted by Crippen LogP contribution is -2.20. The number of hydrogen-bond donors (Lipinski definition) is 0. The maximum atomic E-state index is 11.6. The fourth-order valence-electron chi connectivity index (χ4n) is 1.12. The second-order valence-corrected chi connectivity index (χ2v) is 4.34. The van der Waals surface area contributed by atoms with Crippen LogP contribution in [0.5, 0.6) is 0 Å². The second-order valence-electron chi connectivity index (χ2n) is 2.77. The standard InChI is InChI=1S/C9H7BrN2OS/c10-8-2-1-3-12(9(8)13)4-7-5-14-6-11-7/h1-3,5-6H,4H2. The Kier molecular flexibility index (Phi) is 2.79. The van der Waals surface area contributed by atoms with Gasteiger partial charge < -0.3 is 4.57 Å². The van der Waals surface area contributed by atoms with Crippen molar-refractivity contribution in [3.63, 3.8) is 0 Å². The van der Waals surface area contributed by atoms with Gasteiger partial charge in [0.1, 0.15) is 0 Å². The minimum absolute atomic E-state index is 0.0273. The summed E-state index contributed by atoms with van der Waals surface area (Å²) in [6, 6.07) is 3.57. The smallest absolute Gasteiger partial charge is 0.265 e. The third kappa shape index (κ3) is 1.93. The summed E-state index contributed by atoms with van der Waals surface area (Å²) in [5, 5.41) is 1.94. The van der Waals surface area contributed by atoms with Gasteiger partial charge in [-0.3, -0.25) is 4.79 Å². The Hall–Kier alpha value is -0.940. The molecule has 0 aliphatic carbocycles. The summed E-state index contributed by atoms with van der Waals surface area (Å²) in [4.78, 5) is 15.7. The normalized spacial score (nSPS) is 10.4. The van der Waals surface area contributed by atoms with Gasteiger partial charge in [-0.05, 0) is 28.1 Å². The van der Waals surface area contributed by atoms with E-state index in [0.29, 0.717) is 11.0 Å². The van der Waals surface area contributed by atoms with Crippen LogP contribution in [0.15, 0.2) is 38.5 Å². The fourth-order valence-corrected chi connectivity index (χ4v) is 2.05. The molecular formula is C9H7BrN2OS. The zero-order chi connectivity index (χ0) is 9.97. The molecule has 0 saturated heterocycles. The summed E-state index contributed by atoms with van der Waals surface area (Å²) < 4.78 is 2.20. The summed E-state index contributed by atoms with van der Waals surface area (Å²) >= 11 is 4.73. The maximum Gasteiger partial charge on any atom is 0.265 e. The maximum absolute atomic E-state index is 11.6. The molecule has 72 valence electrons. The van der Waals surface area contributed by atoms with Gasteiger partial charge in [0.05, 0.1) is 22.2 Å². The first-order valence-electron chi connectivity index (χ1n) is 3.99. The Morgan fingerprint density at radius 2 is 2.43 bits per heavy atom. The first-order valence-corrected chi connectivity index (χ1v) is 5.73. The van der Waals surface area contributed by atoms with Gasteiger partial charge in [-0.25, -0.2) is 4.98 Å². The number of aromatic nitrogens is 2. The van der Waals surface area contributed by atoms with Gasteiger partial charge in [0, 0.05) is 11.6 Å². The second kappa shape index (κ2) is 4.06. The monoisotopic (exact) mass is 270 g/mol. The molecule has 0 aliphatic rings. The highest BCUT2D eigenvalue weighted by Gasteiger charge is 2.01. The van der Waals surface area contributed by atoms with Crippen LogP contribution in [-0.2, 0) is 6.54 Å². The van der Waals surface area contributed by atoms with Crippen LogP contribution >= 0.6 is 27.3 Å². The minimum atomic E-state index is -0.0273. The third-order valence-electron chi connectivity index (χ3n) is 1.79. The fraction of sp³-hybridized carbons (Fsp3) is 0.111. The van der Waals surface area contributed by atoms with E-state index in [2.05, 4.69) is 20.9 Å². The van der Waals surface area contributed by atoms with Gasteiger partial charge in [0.25, 0.3) is 5.56 Å². The lowest BCUT2D eigenvalue weighted by Gasteiger charge is -2.02. The zero-order valence-corrected chi connectivity index (χ0v) is 9.59. The van der Waals surface area contributed by atoms with Crippen molar-refractivity contribution in [2.24, 2.45) is 0 Å². The molecule has 0 radical (unpaired) electrons. The van der Waals surface area contributed by atoms with Crippen LogP contribution in [0.1, 0.15) is 5.69 Å². The number of nitrogens with zero attached hydrogens (tertiary/aromatic N) is 2. The molecule has 0 aromatic carbocycles. The lowest BCUT2D eigenvalue weighted by molar-refractivity contribution is 0.740. The summed E-state index contributed by atoms with van der Waals surface area (Å²) in [5.41, 5.74) is 2.65. The van der Waals surface area contributed by atoms with E-state index in [4.69, 9.17) is 0 Å². The van der Waals surface area contributed by atoms with Gasteiger partial charge in [-0.2, -0.15) is 0 Å². The van der Waals surface area contributed by atoms with Gasteiger partial charge in [0.2, 0.25) is 0 Å². The van der Waals surface area contributed by atoms with Crippen LogP contribution in [0, 0.1) is 0 Å². The summed E-state index contributed by atoms with van der Waals surface area (Å²) in [6.07, 6.45) is 1.76. The largest absolute Gasteiger partial charge is 0.309 e. The molecular weight excluding hydrogens is 264 g/mol. The molecule has 0 bridgehead atoms. The molecule has 14 heavy (non-hydrogen) atoms. The van der Waals surface area contributed by atoms with Crippen LogP contribution in [0.2, 0.25) is 0 Å². The zero-order valence-electron chi connectivity index (χ0n) is 7.18. The van der Waals surface area contributed by atoms with Crippen molar-refractivity contribution in [3.05, 3.63) is 49.7 Å². The van der Waals surface area contributed by atoms with Gasteiger partial charge in [0.15, 0.2) is 0 Å². The molecule has 0 saturated carbocycles. The highest BCUT2D eigenvalue weighted by molar-refractivity contribution is 9.10. The van der Waals surface area contributed by atoms with E-state index in [-0.39, 0.29) is 5.56 Å². The van der Waals surface area contributed by atoms with E-state index >= 15 is 0 Å². The molecule has 0 amide bonds. The number of pyridine rings is 1. The molecule has 2 rings (SSSR count). The molecule has 0 aliphatic heterocycles. The average Bonchev–Trinajstić information content (AvgIpc) is 2.66. The van der Waals surface area contributed by atoms with Crippen molar-refractivity contribution in [1.82, 2.24) is 9.55 Å². The predicted molar refractivity (Wildman–Crippen MR) is 59.6 cm³/mol. The number of hydrogen-bond acceptors (Lipinski definition) is 3. The van der Waals surface area contributed by atoms with E-state index in [1.165, 1.54) is 11.3 Å².